The van der Waals surface area contributed by atoms with Gasteiger partial charge in [-0.1, -0.05) is 56.7 Å². The van der Waals surface area contributed by atoms with Crippen LogP contribution in [0.5, 0.6) is 5.75 Å². The number of benzene rings is 3. The SMILES string of the molecule is COc1ccc(N=c2oc3ccc(Cl)cc3cc2C(=S)NC(=O)OCc2ccc(NC(=O)C(C)CC(=O)C(NC(=O)CCCCC(=O)ON3C(=O)CCC3=O)C(C)C)cc2)cc1. The Hall–Kier alpha value is -6.46. The zero-order valence-electron chi connectivity index (χ0n) is 34.5. The van der Waals surface area contributed by atoms with Gasteiger partial charge in [0.2, 0.25) is 17.4 Å². The number of carbonyl (C=O) groups is 7. The number of hydrogen-bond acceptors (Lipinski definition) is 13. The quantitative estimate of drug-likeness (QED) is 0.0537. The molecule has 5 rings (SSSR count). The van der Waals surface area contributed by atoms with Gasteiger partial charge in [0.25, 0.3) is 11.8 Å². The summed E-state index contributed by atoms with van der Waals surface area (Å²) in [6.07, 6.45) is -0.460. The number of imide groups is 1. The molecule has 0 aliphatic carbocycles. The number of nitrogens with one attached hydrogen (secondary N) is 3. The lowest BCUT2D eigenvalue weighted by atomic mass is 9.92. The third kappa shape index (κ3) is 13.3. The van der Waals surface area contributed by atoms with Crippen molar-refractivity contribution >= 4 is 92.6 Å². The molecule has 1 saturated heterocycles. The Bertz CT molecular complexity index is 2400. The second-order valence-corrected chi connectivity index (χ2v) is 15.6. The topological polar surface area (TPSA) is 212 Å². The number of anilines is 1. The second-order valence-electron chi connectivity index (χ2n) is 14.8. The van der Waals surface area contributed by atoms with E-state index < -0.39 is 47.7 Å². The highest BCUT2D eigenvalue weighted by Crippen LogP contribution is 2.22. The number of unbranched alkanes of at least 4 members (excludes halogenated alkanes) is 1. The van der Waals surface area contributed by atoms with Gasteiger partial charge in [-0.15, -0.1) is 5.06 Å². The normalized spacial score (nSPS) is 13.7. The third-order valence-electron chi connectivity index (χ3n) is 9.58. The Morgan fingerprint density at radius 1 is 0.903 bits per heavy atom. The predicted molar refractivity (Wildman–Crippen MR) is 231 cm³/mol. The van der Waals surface area contributed by atoms with E-state index >= 15 is 0 Å². The van der Waals surface area contributed by atoms with Crippen LogP contribution in [-0.2, 0) is 44.9 Å². The fourth-order valence-electron chi connectivity index (χ4n) is 6.16. The van der Waals surface area contributed by atoms with Crippen molar-refractivity contribution in [2.75, 3.05) is 12.4 Å². The molecular weight excluding hydrogens is 842 g/mol. The van der Waals surface area contributed by atoms with Gasteiger partial charge in [-0.05, 0) is 85.0 Å². The first-order valence-electron chi connectivity index (χ1n) is 19.8. The Morgan fingerprint density at radius 2 is 1.58 bits per heavy atom. The molecule has 0 bridgehead atoms. The predicted octanol–water partition coefficient (Wildman–Crippen LogP) is 6.77. The van der Waals surface area contributed by atoms with Crippen LogP contribution in [0.4, 0.5) is 16.2 Å². The van der Waals surface area contributed by atoms with Crippen molar-refractivity contribution in [3.63, 3.8) is 0 Å². The molecule has 1 aliphatic rings. The number of ether oxygens (including phenoxy) is 2. The number of ketones is 1. The van der Waals surface area contributed by atoms with Crippen molar-refractivity contribution in [3.8, 4) is 5.75 Å². The molecule has 62 heavy (non-hydrogen) atoms. The number of Topliss-reactive ketones (excluding diaryl/α,β-unsaturated/α-hetero) is 1. The van der Waals surface area contributed by atoms with Crippen LogP contribution in [0.2, 0.25) is 5.02 Å². The van der Waals surface area contributed by atoms with Crippen molar-refractivity contribution in [1.82, 2.24) is 15.7 Å². The number of amides is 5. The van der Waals surface area contributed by atoms with E-state index in [-0.39, 0.29) is 67.4 Å². The molecule has 16 nitrogen and oxygen atoms in total. The van der Waals surface area contributed by atoms with Gasteiger partial charge in [-0.25, -0.2) is 14.6 Å². The number of thiocarbonyl (C=S) groups is 1. The Morgan fingerprint density at radius 3 is 2.24 bits per heavy atom. The van der Waals surface area contributed by atoms with Gasteiger partial charge in [0, 0.05) is 54.1 Å². The second kappa shape index (κ2) is 21.9. The fourth-order valence-corrected chi connectivity index (χ4v) is 6.57. The minimum absolute atomic E-state index is 0.00505. The van der Waals surface area contributed by atoms with Crippen LogP contribution >= 0.6 is 23.8 Å². The van der Waals surface area contributed by atoms with E-state index in [4.69, 9.17) is 42.5 Å². The molecule has 1 fully saturated rings. The Kier molecular flexibility index (Phi) is 16.4. The number of alkyl carbamates (subject to hydrolysis) is 1. The summed E-state index contributed by atoms with van der Waals surface area (Å²) in [6.45, 7) is 5.05. The maximum atomic E-state index is 13.2. The highest BCUT2D eigenvalue weighted by atomic mass is 35.5. The summed E-state index contributed by atoms with van der Waals surface area (Å²) in [5, 5.41) is 9.68. The van der Waals surface area contributed by atoms with Crippen LogP contribution in [0.25, 0.3) is 11.0 Å². The number of nitrogens with zero attached hydrogens (tertiary/aromatic N) is 2. The summed E-state index contributed by atoms with van der Waals surface area (Å²) in [7, 11) is 1.56. The van der Waals surface area contributed by atoms with Crippen molar-refractivity contribution in [1.29, 1.82) is 0 Å². The minimum atomic E-state index is -0.834. The standard InChI is InChI=1S/C44H46ClN5O11S/c1-25(2)40(48-36(52)7-5-6-8-39(55)61-50-37(53)19-20-38(50)54)34(51)21-26(3)41(56)46-30-12-9-27(10-13-30)24-59-44(57)49-43(62)33-23-28-22-29(45)11-18-35(28)60-42(33)47-31-14-16-32(58-4)17-15-31/h9-18,22-23,25-26,40H,5-8,19-21,24H2,1-4H3,(H,46,56)(H,48,52)(H,49,57,62). The number of carbonyl (C=O) groups excluding carboxylic acids is 7. The van der Waals surface area contributed by atoms with E-state index in [1.165, 1.54) is 0 Å². The molecule has 18 heteroatoms. The third-order valence-corrected chi connectivity index (χ3v) is 10.1. The first-order valence-corrected chi connectivity index (χ1v) is 20.6. The lowest BCUT2D eigenvalue weighted by Gasteiger charge is -2.23. The van der Waals surface area contributed by atoms with Gasteiger partial charge in [0.05, 0.1) is 24.4 Å². The largest absolute Gasteiger partial charge is 0.497 e. The number of hydroxylamine groups is 2. The summed E-state index contributed by atoms with van der Waals surface area (Å²) in [5.74, 6) is -3.34. The van der Waals surface area contributed by atoms with Gasteiger partial charge in [0.1, 0.15) is 22.9 Å². The van der Waals surface area contributed by atoms with Crippen LogP contribution in [0.1, 0.15) is 76.8 Å². The highest BCUT2D eigenvalue weighted by Gasteiger charge is 2.33. The van der Waals surface area contributed by atoms with Gasteiger partial charge >= 0.3 is 12.1 Å². The molecule has 0 saturated carbocycles. The Balaban J connectivity index is 1.07. The number of hydrogen-bond donors (Lipinski definition) is 3. The van der Waals surface area contributed by atoms with Crippen LogP contribution in [-0.4, -0.2) is 64.7 Å². The van der Waals surface area contributed by atoms with E-state index in [0.717, 1.165) is 0 Å². The summed E-state index contributed by atoms with van der Waals surface area (Å²) in [4.78, 5) is 96.5. The maximum Gasteiger partial charge on any atom is 0.412 e. The molecule has 3 N–H and O–H groups in total. The molecule has 0 spiro atoms. The number of fused-ring (bicyclic) bond motifs is 1. The maximum absolute atomic E-state index is 13.2. The molecule has 2 heterocycles. The van der Waals surface area contributed by atoms with Crippen LogP contribution in [0.3, 0.4) is 0 Å². The van der Waals surface area contributed by atoms with E-state index in [9.17, 15) is 33.6 Å². The van der Waals surface area contributed by atoms with Gasteiger partial charge in [0.15, 0.2) is 5.78 Å². The highest BCUT2D eigenvalue weighted by molar-refractivity contribution is 7.80. The first-order chi connectivity index (χ1) is 29.6. The fraction of sp³-hybridized carbons (Fsp3) is 0.341. The molecule has 0 radical (unpaired) electrons. The van der Waals surface area contributed by atoms with Gasteiger partial charge in [-0.3, -0.25) is 29.3 Å². The summed E-state index contributed by atoms with van der Waals surface area (Å²) < 4.78 is 16.7. The molecule has 4 aromatic rings. The molecule has 1 aromatic heterocycles. The molecule has 2 unspecified atom stereocenters. The van der Waals surface area contributed by atoms with Crippen LogP contribution < -0.4 is 26.2 Å². The van der Waals surface area contributed by atoms with Crippen molar-refractivity contribution in [2.24, 2.45) is 16.8 Å². The molecule has 5 amide bonds. The molecular formula is C44H46ClN5O11S. The zero-order valence-corrected chi connectivity index (χ0v) is 36.1. The molecule has 1 aliphatic heterocycles. The minimum Gasteiger partial charge on any atom is -0.497 e. The van der Waals surface area contributed by atoms with Crippen LogP contribution in [0, 0.1) is 11.8 Å². The van der Waals surface area contributed by atoms with Crippen molar-refractivity contribution < 1.29 is 52.3 Å². The van der Waals surface area contributed by atoms with Crippen LogP contribution in [0.15, 0.2) is 82.2 Å². The van der Waals surface area contributed by atoms with E-state index in [1.54, 1.807) is 101 Å². The lowest BCUT2D eigenvalue weighted by molar-refractivity contribution is -0.197. The number of halogens is 1. The summed E-state index contributed by atoms with van der Waals surface area (Å²) in [5.41, 5.74) is 2.61. The molecule has 326 valence electrons. The Labute approximate surface area is 367 Å². The molecule has 3 aromatic carbocycles. The van der Waals surface area contributed by atoms with E-state index in [0.29, 0.717) is 55.7 Å². The summed E-state index contributed by atoms with van der Waals surface area (Å²) >= 11 is 11.8. The monoisotopic (exact) mass is 887 g/mol. The lowest BCUT2D eigenvalue weighted by Crippen LogP contribution is -2.45. The van der Waals surface area contributed by atoms with Crippen molar-refractivity contribution in [3.05, 3.63) is 94.5 Å². The average molecular weight is 888 g/mol. The molecule has 2 atom stereocenters. The zero-order chi connectivity index (χ0) is 44.9. The van der Waals surface area contributed by atoms with E-state index in [1.807, 2.05) is 0 Å². The number of rotatable bonds is 18. The van der Waals surface area contributed by atoms with Gasteiger partial charge < -0.3 is 29.4 Å². The van der Waals surface area contributed by atoms with Gasteiger partial charge in [-0.2, -0.15) is 0 Å². The van der Waals surface area contributed by atoms with Crippen molar-refractivity contribution in [2.45, 2.75) is 78.4 Å². The average Bonchev–Trinajstić information content (AvgIpc) is 3.56. The number of methoxy groups -OCH3 is 1. The summed E-state index contributed by atoms with van der Waals surface area (Å²) in [6, 6.07) is 19.5. The first kappa shape index (κ1) is 46.6. The van der Waals surface area contributed by atoms with E-state index in [2.05, 4.69) is 20.9 Å². The smallest absolute Gasteiger partial charge is 0.412 e.